The Labute approximate surface area is 149 Å². The van der Waals surface area contributed by atoms with Crippen LogP contribution in [0.1, 0.15) is 23.3 Å². The molecule has 0 aromatic heterocycles. The van der Waals surface area contributed by atoms with Gasteiger partial charge in [0.25, 0.3) is 0 Å². The van der Waals surface area contributed by atoms with Gasteiger partial charge in [0, 0.05) is 5.92 Å². The first-order valence-electron chi connectivity index (χ1n) is 8.43. The highest BCUT2D eigenvalue weighted by atomic mass is 16.7. The Hall–Kier alpha value is -2.48. The minimum Gasteiger partial charge on any atom is -0.504 e. The zero-order chi connectivity index (χ0) is 17.9. The predicted octanol–water partition coefficient (Wildman–Crippen LogP) is 2.02. The first-order valence-corrected chi connectivity index (χ1v) is 8.43. The number of fused-ring (bicyclic) bond motifs is 2. The van der Waals surface area contributed by atoms with Gasteiger partial charge >= 0.3 is 0 Å². The van der Waals surface area contributed by atoms with Crippen LogP contribution in [0.3, 0.4) is 0 Å². The molecule has 0 radical (unpaired) electrons. The molecule has 0 spiro atoms. The fourth-order valence-corrected chi connectivity index (χ4v) is 4.06. The Bertz CT molecular complexity index is 867. The van der Waals surface area contributed by atoms with Crippen LogP contribution in [0.15, 0.2) is 36.4 Å². The SMILES string of the molecule is Oc1ccc([C@@H]2OC[C@@]3(O)[C@@H]2CO[C@H]3c2ccc3c(c2)OCO3)cc1O. The molecule has 0 amide bonds. The van der Waals surface area contributed by atoms with Gasteiger partial charge in [-0.2, -0.15) is 0 Å². The molecule has 2 saturated heterocycles. The van der Waals surface area contributed by atoms with E-state index in [0.717, 1.165) is 5.56 Å². The lowest BCUT2D eigenvalue weighted by Crippen LogP contribution is -2.39. The van der Waals surface area contributed by atoms with Crippen molar-refractivity contribution in [2.75, 3.05) is 20.0 Å². The number of hydrogen-bond donors (Lipinski definition) is 3. The van der Waals surface area contributed by atoms with E-state index in [1.807, 2.05) is 18.2 Å². The molecule has 136 valence electrons. The zero-order valence-electron chi connectivity index (χ0n) is 13.8. The van der Waals surface area contributed by atoms with Crippen molar-refractivity contribution in [1.29, 1.82) is 0 Å². The van der Waals surface area contributed by atoms with Crippen molar-refractivity contribution in [2.45, 2.75) is 17.8 Å². The second-order valence-corrected chi connectivity index (χ2v) is 6.90. The number of hydrogen-bond acceptors (Lipinski definition) is 7. The summed E-state index contributed by atoms with van der Waals surface area (Å²) in [5.41, 5.74) is 0.305. The van der Waals surface area contributed by atoms with Crippen LogP contribution in [0, 0.1) is 5.92 Å². The molecule has 4 atom stereocenters. The van der Waals surface area contributed by atoms with E-state index in [1.165, 1.54) is 12.1 Å². The quantitative estimate of drug-likeness (QED) is 0.707. The van der Waals surface area contributed by atoms with Crippen molar-refractivity contribution < 1.29 is 34.3 Å². The van der Waals surface area contributed by atoms with Crippen molar-refractivity contribution in [3.8, 4) is 23.0 Å². The molecule has 0 unspecified atom stereocenters. The van der Waals surface area contributed by atoms with E-state index in [0.29, 0.717) is 23.7 Å². The summed E-state index contributed by atoms with van der Waals surface area (Å²) in [5, 5.41) is 30.6. The third-order valence-corrected chi connectivity index (χ3v) is 5.43. The van der Waals surface area contributed by atoms with E-state index >= 15 is 0 Å². The number of phenols is 2. The molecule has 2 aromatic rings. The van der Waals surface area contributed by atoms with Gasteiger partial charge in [0.15, 0.2) is 23.0 Å². The van der Waals surface area contributed by atoms with Gasteiger partial charge in [-0.3, -0.25) is 0 Å². The van der Waals surface area contributed by atoms with Crippen molar-refractivity contribution in [1.82, 2.24) is 0 Å². The molecule has 3 aliphatic heterocycles. The minimum absolute atomic E-state index is 0.114. The van der Waals surface area contributed by atoms with E-state index in [2.05, 4.69) is 0 Å². The van der Waals surface area contributed by atoms with Gasteiger partial charge in [0.2, 0.25) is 6.79 Å². The topological polar surface area (TPSA) is 97.6 Å². The number of aromatic hydroxyl groups is 2. The van der Waals surface area contributed by atoms with E-state index in [4.69, 9.17) is 18.9 Å². The number of phenolic OH excluding ortho intramolecular Hbond substituents is 2. The Balaban J connectivity index is 1.45. The highest BCUT2D eigenvalue weighted by Crippen LogP contribution is 2.54. The van der Waals surface area contributed by atoms with E-state index in [9.17, 15) is 15.3 Å². The number of benzene rings is 2. The summed E-state index contributed by atoms with van der Waals surface area (Å²) in [4.78, 5) is 0. The molecule has 26 heavy (non-hydrogen) atoms. The number of aliphatic hydroxyl groups is 1. The van der Waals surface area contributed by atoms with Gasteiger partial charge in [-0.1, -0.05) is 12.1 Å². The highest BCUT2D eigenvalue weighted by Gasteiger charge is 2.59. The largest absolute Gasteiger partial charge is 0.504 e. The summed E-state index contributed by atoms with van der Waals surface area (Å²) < 4.78 is 22.6. The molecule has 2 fully saturated rings. The molecule has 2 aromatic carbocycles. The summed E-state index contributed by atoms with van der Waals surface area (Å²) in [6.45, 7) is 0.623. The molecule has 0 saturated carbocycles. The summed E-state index contributed by atoms with van der Waals surface area (Å²) in [7, 11) is 0. The van der Waals surface area contributed by atoms with Gasteiger partial charge in [-0.25, -0.2) is 0 Å². The van der Waals surface area contributed by atoms with Gasteiger partial charge in [0.05, 0.1) is 19.3 Å². The molecule has 7 heteroatoms. The smallest absolute Gasteiger partial charge is 0.231 e. The fraction of sp³-hybridized carbons (Fsp3) is 0.368. The summed E-state index contributed by atoms with van der Waals surface area (Å²) in [5.74, 6) is 0.616. The molecule has 3 aliphatic rings. The molecule has 0 aliphatic carbocycles. The number of ether oxygens (including phenoxy) is 4. The van der Waals surface area contributed by atoms with E-state index < -0.39 is 17.8 Å². The Morgan fingerprint density at radius 2 is 1.69 bits per heavy atom. The lowest BCUT2D eigenvalue weighted by atomic mass is 9.81. The van der Waals surface area contributed by atoms with Crippen LogP contribution >= 0.6 is 0 Å². The van der Waals surface area contributed by atoms with Crippen LogP contribution in [-0.4, -0.2) is 40.9 Å². The van der Waals surface area contributed by atoms with Crippen LogP contribution in [0.5, 0.6) is 23.0 Å². The van der Waals surface area contributed by atoms with Gasteiger partial charge in [-0.15, -0.1) is 0 Å². The van der Waals surface area contributed by atoms with Crippen LogP contribution in [0.2, 0.25) is 0 Å². The first-order chi connectivity index (χ1) is 12.6. The standard InChI is InChI=1S/C19H18O7/c20-13-3-1-10(5-14(13)21)17-12-7-23-18(19(12,22)8-24-17)11-2-4-15-16(6-11)26-9-25-15/h1-6,12,17-18,20-22H,7-9H2/t12-,17+,18+,19-/m1/s1. The van der Waals surface area contributed by atoms with Crippen molar-refractivity contribution in [3.05, 3.63) is 47.5 Å². The zero-order valence-corrected chi connectivity index (χ0v) is 13.8. The molecular formula is C19H18O7. The summed E-state index contributed by atoms with van der Waals surface area (Å²) in [6, 6.07) is 10.0. The summed E-state index contributed by atoms with van der Waals surface area (Å²) in [6.07, 6.45) is -0.969. The molecule has 0 bridgehead atoms. The molecule has 3 N–H and O–H groups in total. The van der Waals surface area contributed by atoms with Crippen molar-refractivity contribution >= 4 is 0 Å². The normalized spacial score (nSPS) is 32.0. The molecular weight excluding hydrogens is 340 g/mol. The van der Waals surface area contributed by atoms with Crippen LogP contribution < -0.4 is 9.47 Å². The van der Waals surface area contributed by atoms with Crippen LogP contribution in [0.4, 0.5) is 0 Å². The third kappa shape index (κ3) is 2.18. The highest BCUT2D eigenvalue weighted by molar-refractivity contribution is 5.46. The molecule has 5 rings (SSSR count). The lowest BCUT2D eigenvalue weighted by Gasteiger charge is -2.27. The van der Waals surface area contributed by atoms with Gasteiger partial charge in [0.1, 0.15) is 11.7 Å². The van der Waals surface area contributed by atoms with E-state index in [1.54, 1.807) is 6.07 Å². The maximum absolute atomic E-state index is 11.3. The predicted molar refractivity (Wildman–Crippen MR) is 88.2 cm³/mol. The Morgan fingerprint density at radius 3 is 2.54 bits per heavy atom. The second kappa shape index (κ2) is 5.51. The Kier molecular flexibility index (Phi) is 3.34. The average molecular weight is 358 g/mol. The Morgan fingerprint density at radius 1 is 0.885 bits per heavy atom. The number of rotatable bonds is 2. The van der Waals surface area contributed by atoms with Gasteiger partial charge < -0.3 is 34.3 Å². The lowest BCUT2D eigenvalue weighted by molar-refractivity contribution is -0.0628. The summed E-state index contributed by atoms with van der Waals surface area (Å²) >= 11 is 0. The first kappa shape index (κ1) is 15.7. The monoisotopic (exact) mass is 358 g/mol. The fourth-order valence-electron chi connectivity index (χ4n) is 4.06. The average Bonchev–Trinajstić information content (AvgIpc) is 3.30. The maximum atomic E-state index is 11.3. The minimum atomic E-state index is -1.19. The van der Waals surface area contributed by atoms with Crippen molar-refractivity contribution in [3.63, 3.8) is 0 Å². The second-order valence-electron chi connectivity index (χ2n) is 6.90. The van der Waals surface area contributed by atoms with Gasteiger partial charge in [-0.05, 0) is 35.4 Å². The third-order valence-electron chi connectivity index (χ3n) is 5.43. The van der Waals surface area contributed by atoms with Crippen molar-refractivity contribution in [2.24, 2.45) is 5.92 Å². The van der Waals surface area contributed by atoms with Crippen LogP contribution in [0.25, 0.3) is 0 Å². The van der Waals surface area contributed by atoms with Crippen LogP contribution in [-0.2, 0) is 9.47 Å². The maximum Gasteiger partial charge on any atom is 0.231 e. The van der Waals surface area contributed by atoms with E-state index in [-0.39, 0.29) is 30.8 Å². The molecule has 3 heterocycles. The molecule has 7 nitrogen and oxygen atoms in total.